The van der Waals surface area contributed by atoms with Gasteiger partial charge in [-0.05, 0) is 51.4 Å². The van der Waals surface area contributed by atoms with Crippen LogP contribution < -0.4 is 0 Å². The Morgan fingerprint density at radius 2 is 0.539 bits per heavy atom. The number of allylic oxidation sites excluding steroid dienone is 4. The average Bonchev–Trinajstić information content (AvgIpc) is 3.70. The highest BCUT2D eigenvalue weighted by Crippen LogP contribution is 2.45. The largest absolute Gasteiger partial charge is 0.472 e. The second-order valence-corrected chi connectivity index (χ2v) is 27.5. The monoisotopic (exact) mass is 1310 g/mol. The highest BCUT2D eigenvalue weighted by molar-refractivity contribution is 7.47. The predicted molar refractivity (Wildman–Crippen MR) is 358 cm³/mol. The lowest BCUT2D eigenvalue weighted by Crippen LogP contribution is -2.30. The minimum Gasteiger partial charge on any atom is -0.462 e. The van der Waals surface area contributed by atoms with Crippen LogP contribution >= 0.6 is 15.6 Å². The molecule has 0 fully saturated rings. The predicted octanol–water partition coefficient (Wildman–Crippen LogP) is 19.8. The zero-order valence-electron chi connectivity index (χ0n) is 56.9. The summed E-state index contributed by atoms with van der Waals surface area (Å²) in [6.45, 7) is 4.80. The van der Waals surface area contributed by atoms with E-state index in [-0.39, 0.29) is 25.7 Å². The summed E-state index contributed by atoms with van der Waals surface area (Å²) in [4.78, 5) is 72.3. The Labute approximate surface area is 542 Å². The van der Waals surface area contributed by atoms with Crippen molar-refractivity contribution in [1.29, 1.82) is 0 Å². The standard InChI is InChI=1S/C70H132O17P2/c1-5-9-13-17-20-23-26-29-31-33-36-39-42-45-49-53-57-70(75)87-66(61-81-68(73)55-51-47-43-40-37-35-32-30-27-24-21-18-14-10-6-2)63-85-89(78,79)83-59-64(71)58-82-88(76,77)84-62-65(60-80-67(72)54-50-46-16-12-8-4)86-69(74)56-52-48-44-41-38-34-28-25-22-19-15-11-7-3/h24,27,30,32,64-66,71H,5-23,25-26,28-29,31,33-63H2,1-4H3,(H,76,77)(H,78,79)/b27-24-,32-30-/t64-,65+,66+/m0/s1. The van der Waals surface area contributed by atoms with E-state index >= 15 is 0 Å². The molecule has 0 aromatic heterocycles. The van der Waals surface area contributed by atoms with E-state index in [9.17, 15) is 43.2 Å². The first-order valence-corrected chi connectivity index (χ1v) is 39.1. The molecule has 2 unspecified atom stereocenters. The van der Waals surface area contributed by atoms with Gasteiger partial charge in [-0.1, -0.05) is 290 Å². The SMILES string of the molecule is CCCCCC/C=C\C=C/CCCCCCCC(=O)OC[C@H](COP(=O)(O)OC[C@@H](O)COP(=O)(O)OC[C@@H](COC(=O)CCCCCCC)OC(=O)CCCCCCCCCCCCCCC)OC(=O)CCCCCCCCCCCCCCCCCC. The van der Waals surface area contributed by atoms with Crippen LogP contribution in [0.5, 0.6) is 0 Å². The molecule has 0 aromatic rings. The van der Waals surface area contributed by atoms with Gasteiger partial charge >= 0.3 is 39.5 Å². The van der Waals surface area contributed by atoms with Crippen molar-refractivity contribution >= 4 is 39.5 Å². The molecule has 5 atom stereocenters. The molecule has 0 aliphatic carbocycles. The second-order valence-electron chi connectivity index (χ2n) is 24.6. The third-order valence-electron chi connectivity index (χ3n) is 15.7. The molecule has 0 bridgehead atoms. The molecule has 89 heavy (non-hydrogen) atoms. The number of hydrogen-bond donors (Lipinski definition) is 3. The maximum absolute atomic E-state index is 13.0. The summed E-state index contributed by atoms with van der Waals surface area (Å²) in [5.41, 5.74) is 0. The zero-order valence-corrected chi connectivity index (χ0v) is 58.7. The summed E-state index contributed by atoms with van der Waals surface area (Å²) < 4.78 is 68.0. The van der Waals surface area contributed by atoms with Crippen LogP contribution in [0.2, 0.25) is 0 Å². The summed E-state index contributed by atoms with van der Waals surface area (Å²) >= 11 is 0. The molecule has 0 radical (unpaired) electrons. The van der Waals surface area contributed by atoms with Crippen molar-refractivity contribution in [3.05, 3.63) is 24.3 Å². The summed E-state index contributed by atoms with van der Waals surface area (Å²) in [6.07, 6.45) is 55.2. The maximum Gasteiger partial charge on any atom is 0.472 e. The number of aliphatic hydroxyl groups is 1. The van der Waals surface area contributed by atoms with Gasteiger partial charge in [-0.25, -0.2) is 9.13 Å². The molecule has 0 saturated carbocycles. The molecular formula is C70H132O17P2. The van der Waals surface area contributed by atoms with Gasteiger partial charge in [0.2, 0.25) is 0 Å². The van der Waals surface area contributed by atoms with Crippen molar-refractivity contribution in [1.82, 2.24) is 0 Å². The van der Waals surface area contributed by atoms with Gasteiger partial charge in [0.15, 0.2) is 12.2 Å². The molecule has 0 aromatic carbocycles. The Balaban J connectivity index is 5.19. The molecule has 0 amide bonds. The highest BCUT2D eigenvalue weighted by Gasteiger charge is 2.30. The molecule has 0 aliphatic rings. The Kier molecular flexibility index (Phi) is 62.5. The number of unbranched alkanes of at least 4 members (excludes halogenated alkanes) is 40. The lowest BCUT2D eigenvalue weighted by Gasteiger charge is -2.21. The fraction of sp³-hybridized carbons (Fsp3) is 0.886. The molecule has 17 nitrogen and oxygen atoms in total. The quantitative estimate of drug-likeness (QED) is 0.0169. The van der Waals surface area contributed by atoms with Crippen molar-refractivity contribution in [2.45, 2.75) is 361 Å². The first-order chi connectivity index (χ1) is 43.2. The van der Waals surface area contributed by atoms with Crippen molar-refractivity contribution in [3.8, 4) is 0 Å². The molecule has 3 N–H and O–H groups in total. The number of esters is 4. The minimum absolute atomic E-state index is 0.102. The first-order valence-electron chi connectivity index (χ1n) is 36.1. The van der Waals surface area contributed by atoms with Gasteiger partial charge in [-0.3, -0.25) is 37.3 Å². The fourth-order valence-electron chi connectivity index (χ4n) is 10.2. The van der Waals surface area contributed by atoms with Crippen LogP contribution in [0, 0.1) is 0 Å². The van der Waals surface area contributed by atoms with Crippen LogP contribution in [-0.2, 0) is 65.4 Å². The summed E-state index contributed by atoms with van der Waals surface area (Å²) in [7, 11) is -9.90. The van der Waals surface area contributed by atoms with E-state index in [1.165, 1.54) is 148 Å². The number of phosphoric acid groups is 2. The Morgan fingerprint density at radius 1 is 0.315 bits per heavy atom. The van der Waals surface area contributed by atoms with Crippen LogP contribution in [-0.4, -0.2) is 96.7 Å². The van der Waals surface area contributed by atoms with Gasteiger partial charge in [-0.2, -0.15) is 0 Å². The van der Waals surface area contributed by atoms with Gasteiger partial charge < -0.3 is 33.8 Å². The smallest absolute Gasteiger partial charge is 0.462 e. The van der Waals surface area contributed by atoms with Crippen molar-refractivity contribution in [2.75, 3.05) is 39.6 Å². The molecule has 524 valence electrons. The van der Waals surface area contributed by atoms with Gasteiger partial charge in [0, 0.05) is 25.7 Å². The second kappa shape index (κ2) is 64.3. The van der Waals surface area contributed by atoms with E-state index in [1.807, 2.05) is 0 Å². The van der Waals surface area contributed by atoms with Crippen molar-refractivity contribution in [3.63, 3.8) is 0 Å². The van der Waals surface area contributed by atoms with Crippen molar-refractivity contribution in [2.24, 2.45) is 0 Å². The van der Waals surface area contributed by atoms with Crippen molar-refractivity contribution < 1.29 is 80.2 Å². The summed E-state index contributed by atoms with van der Waals surface area (Å²) in [6, 6.07) is 0. The summed E-state index contributed by atoms with van der Waals surface area (Å²) in [5, 5.41) is 10.6. The summed E-state index contributed by atoms with van der Waals surface area (Å²) in [5.74, 6) is -2.16. The van der Waals surface area contributed by atoms with E-state index in [0.717, 1.165) is 116 Å². The van der Waals surface area contributed by atoms with E-state index in [0.29, 0.717) is 25.7 Å². The van der Waals surface area contributed by atoms with E-state index < -0.39 is 97.5 Å². The Bertz CT molecular complexity index is 1800. The van der Waals surface area contributed by atoms with Crippen LogP contribution in [0.3, 0.4) is 0 Å². The third kappa shape index (κ3) is 64.1. The van der Waals surface area contributed by atoms with Gasteiger partial charge in [-0.15, -0.1) is 0 Å². The number of phosphoric ester groups is 2. The van der Waals surface area contributed by atoms with Gasteiger partial charge in [0.1, 0.15) is 19.3 Å². The average molecular weight is 1310 g/mol. The Hall–Kier alpha value is -2.46. The lowest BCUT2D eigenvalue weighted by atomic mass is 10.0. The highest BCUT2D eigenvalue weighted by atomic mass is 31.2. The molecule has 0 heterocycles. The lowest BCUT2D eigenvalue weighted by molar-refractivity contribution is -0.161. The normalized spacial score (nSPS) is 14.2. The number of aliphatic hydroxyl groups excluding tert-OH is 1. The maximum atomic E-state index is 13.0. The number of ether oxygens (including phenoxy) is 4. The number of hydrogen-bond acceptors (Lipinski definition) is 15. The number of carbonyl (C=O) groups excluding carboxylic acids is 4. The third-order valence-corrected chi connectivity index (χ3v) is 17.6. The topological polar surface area (TPSA) is 237 Å². The van der Waals surface area contributed by atoms with Crippen LogP contribution in [0.4, 0.5) is 0 Å². The fourth-order valence-corrected chi connectivity index (χ4v) is 11.7. The molecule has 0 aliphatic heterocycles. The number of rotatable bonds is 69. The molecule has 0 saturated heterocycles. The number of carbonyl (C=O) groups is 4. The van der Waals surface area contributed by atoms with Crippen LogP contribution in [0.15, 0.2) is 24.3 Å². The van der Waals surface area contributed by atoms with Crippen LogP contribution in [0.1, 0.15) is 342 Å². The molecule has 0 rings (SSSR count). The molecular weight excluding hydrogens is 1170 g/mol. The van der Waals surface area contributed by atoms with E-state index in [4.69, 9.17) is 37.0 Å². The van der Waals surface area contributed by atoms with Crippen LogP contribution in [0.25, 0.3) is 0 Å². The molecule has 0 spiro atoms. The molecule has 19 heteroatoms. The van der Waals surface area contributed by atoms with Gasteiger partial charge in [0.05, 0.1) is 26.4 Å². The van der Waals surface area contributed by atoms with E-state index in [2.05, 4.69) is 52.0 Å². The Morgan fingerprint density at radius 3 is 0.820 bits per heavy atom. The van der Waals surface area contributed by atoms with Gasteiger partial charge in [0.25, 0.3) is 0 Å². The minimum atomic E-state index is -4.96. The van der Waals surface area contributed by atoms with E-state index in [1.54, 1.807) is 0 Å². The zero-order chi connectivity index (χ0) is 65.4. The first kappa shape index (κ1) is 86.5.